The van der Waals surface area contributed by atoms with Crippen molar-refractivity contribution in [2.45, 2.75) is 107 Å². The molecule has 448 valence electrons. The van der Waals surface area contributed by atoms with Gasteiger partial charge in [0.25, 0.3) is 0 Å². The first kappa shape index (κ1) is 60.1. The number of halogens is 6. The van der Waals surface area contributed by atoms with Crippen molar-refractivity contribution < 1.29 is 56.8 Å². The second-order valence-electron chi connectivity index (χ2n) is 23.2. The molecule has 0 radical (unpaired) electrons. The first-order chi connectivity index (χ1) is 40.4. The zero-order chi connectivity index (χ0) is 59.3. The van der Waals surface area contributed by atoms with Gasteiger partial charge in [-0.2, -0.15) is 9.97 Å². The lowest BCUT2D eigenvalue weighted by molar-refractivity contribution is -0.0285. The van der Waals surface area contributed by atoms with Crippen molar-refractivity contribution in [3.05, 3.63) is 95.6 Å². The predicted octanol–water partition coefficient (Wildman–Crippen LogP) is 16.4. The monoisotopic (exact) mass is 1270 g/mol. The molecule has 4 spiro atoms. The molecule has 10 aliphatic heterocycles. The van der Waals surface area contributed by atoms with Gasteiger partial charge in [0.1, 0.15) is 0 Å². The van der Waals surface area contributed by atoms with Gasteiger partial charge in [0.15, 0.2) is 54.6 Å². The molecule has 0 amide bonds. The van der Waals surface area contributed by atoms with E-state index in [1.807, 2.05) is 0 Å². The second kappa shape index (κ2) is 24.3. The van der Waals surface area contributed by atoms with Crippen molar-refractivity contribution in [1.29, 1.82) is 0 Å². The van der Waals surface area contributed by atoms with E-state index in [2.05, 4.69) is 58.5 Å². The van der Waals surface area contributed by atoms with Gasteiger partial charge >= 0.3 is 0 Å². The van der Waals surface area contributed by atoms with Crippen molar-refractivity contribution in [3.8, 4) is 92.5 Å². The quantitative estimate of drug-likeness (QED) is 0.132. The first-order valence-electron chi connectivity index (χ1n) is 27.7. The maximum absolute atomic E-state index is 6.59. The van der Waals surface area contributed by atoms with Gasteiger partial charge in [0, 0.05) is 0 Å². The Kier molecular flexibility index (Phi) is 17.4. The third kappa shape index (κ3) is 11.5. The molecule has 18 aliphatic rings. The van der Waals surface area contributed by atoms with Crippen LogP contribution in [0.4, 0.5) is 0 Å². The Balaban J connectivity index is 0.000000868. The van der Waals surface area contributed by atoms with E-state index in [1.165, 1.54) is 12.8 Å². The van der Waals surface area contributed by atoms with Crippen LogP contribution in [-0.2, 0) is 21.7 Å². The minimum absolute atomic E-state index is 0.169. The Morgan fingerprint density at radius 1 is 0.345 bits per heavy atom. The standard InChI is InChI=1S/C60H64N4O12.2CHCl3/c1-65-41-11-37-12-42(66-2)53(41)73-49-27-61-28-50(63-49)74-54-45(69-5)15-39(16-46(54)70-6)59-23-35-10-36(24-59)26-60(25-35,32-59)40-17-47(71-7)56(48(18-40)72-8)76-52-30-62-29-51(64-52)75-55-43(67-3)13-38(14-44(55)68-4)58-21-33-9-34(22-58)20-57(37,19-33)31-58;2*2-1(3)4/h11-18,27-30,33-36H,9-10,19-26,31-32H2,1-8H3;2*1H. The third-order valence-corrected chi connectivity index (χ3v) is 18.4. The summed E-state index contributed by atoms with van der Waals surface area (Å²) in [6, 6.07) is 17.0. The number of hydrogen-bond donors (Lipinski definition) is 0. The maximum Gasteiger partial charge on any atom is 0.241 e. The van der Waals surface area contributed by atoms with E-state index < -0.39 is 8.59 Å². The predicted molar refractivity (Wildman–Crippen MR) is 321 cm³/mol. The zero-order valence-corrected chi connectivity index (χ0v) is 52.4. The fraction of sp³-hybridized carbons (Fsp3) is 0.484. The number of rotatable bonds is 8. The van der Waals surface area contributed by atoms with Crippen molar-refractivity contribution in [1.82, 2.24) is 19.9 Å². The van der Waals surface area contributed by atoms with Gasteiger partial charge in [-0.05, 0) is 193 Å². The SMILES string of the molecule is COc1cc2cc(OC)c1Oc1cncc(n1)Oc1c(OC)cc(cc1OC)C13CC4CC(C1)CC(C4)(C3)c1cc(OC)c(c(OC)c1)Oc1cncc(n1)Oc1c(OC)cc(cc1OC)C13CC4CC(CC2(C4)C1)C3.ClC(Cl)Cl.ClC(Cl)Cl. The number of nitrogens with zero attached hydrogens (tertiary/aromatic N) is 4. The van der Waals surface area contributed by atoms with E-state index in [-0.39, 0.29) is 45.2 Å². The molecular weight excluding hydrogens is 1210 g/mol. The van der Waals surface area contributed by atoms with Crippen molar-refractivity contribution >= 4 is 69.6 Å². The molecule has 0 unspecified atom stereocenters. The summed E-state index contributed by atoms with van der Waals surface area (Å²) in [5, 5.41) is 0. The van der Waals surface area contributed by atoms with E-state index in [4.69, 9.17) is 136 Å². The zero-order valence-electron chi connectivity index (χ0n) is 47.8. The Morgan fingerprint density at radius 3 is 0.690 bits per heavy atom. The lowest BCUT2D eigenvalue weighted by Gasteiger charge is -2.62. The van der Waals surface area contributed by atoms with Gasteiger partial charge in [0.2, 0.25) is 46.5 Å². The number of hydrogen-bond acceptors (Lipinski definition) is 16. The van der Waals surface area contributed by atoms with E-state index >= 15 is 0 Å². The van der Waals surface area contributed by atoms with Gasteiger partial charge in [0.05, 0.1) is 81.7 Å². The molecule has 0 atom stereocenters. The van der Waals surface area contributed by atoms with Crippen molar-refractivity contribution in [2.24, 2.45) is 23.7 Å². The van der Waals surface area contributed by atoms with Crippen molar-refractivity contribution in [2.75, 3.05) is 56.9 Å². The fourth-order valence-corrected chi connectivity index (χ4v) is 16.3. The topological polar surface area (TPSA) is 162 Å². The van der Waals surface area contributed by atoms with Gasteiger partial charge in [-0.3, -0.25) is 9.97 Å². The fourth-order valence-electron chi connectivity index (χ4n) is 16.3. The molecule has 8 aliphatic carbocycles. The van der Waals surface area contributed by atoms with Crippen LogP contribution in [0.2, 0.25) is 0 Å². The Hall–Kier alpha value is -5.62. The van der Waals surface area contributed by atoms with E-state index in [0.717, 1.165) is 86.5 Å². The molecule has 0 saturated heterocycles. The average molecular weight is 1270 g/mol. The van der Waals surface area contributed by atoms with Crippen LogP contribution in [0.3, 0.4) is 0 Å². The molecule has 12 heterocycles. The van der Waals surface area contributed by atoms with Crippen LogP contribution in [0.15, 0.2) is 73.3 Å². The molecular formula is C62H66Cl6N4O12. The minimum Gasteiger partial charge on any atom is -0.493 e. The summed E-state index contributed by atoms with van der Waals surface area (Å²) in [6.07, 6.45) is 18.8. The van der Waals surface area contributed by atoms with E-state index in [9.17, 15) is 0 Å². The number of ether oxygens (including phenoxy) is 12. The minimum atomic E-state index is -0.750. The van der Waals surface area contributed by atoms with Crippen LogP contribution < -0.4 is 56.8 Å². The van der Waals surface area contributed by atoms with Gasteiger partial charge in [-0.15, -0.1) is 0 Å². The third-order valence-electron chi connectivity index (χ3n) is 18.4. The lowest BCUT2D eigenvalue weighted by atomic mass is 9.41. The molecule has 24 rings (SSSR count). The van der Waals surface area contributed by atoms with E-state index in [1.54, 1.807) is 81.7 Å². The largest absolute Gasteiger partial charge is 0.493 e. The normalized spacial score (nSPS) is 26.2. The summed E-state index contributed by atoms with van der Waals surface area (Å²) < 4.78 is 74.1. The molecule has 2 aromatic heterocycles. The Bertz CT molecular complexity index is 2860. The Labute approximate surface area is 519 Å². The molecule has 22 heteroatoms. The summed E-state index contributed by atoms with van der Waals surface area (Å²) >= 11 is 28.8. The summed E-state index contributed by atoms with van der Waals surface area (Å²) in [4.78, 5) is 18.6. The van der Waals surface area contributed by atoms with Gasteiger partial charge < -0.3 is 56.8 Å². The average Bonchev–Trinajstić information content (AvgIpc) is 0.790. The first-order valence-corrected chi connectivity index (χ1v) is 30.3. The molecule has 20 bridgehead atoms. The van der Waals surface area contributed by atoms with Gasteiger partial charge in [-0.1, -0.05) is 69.6 Å². The molecule has 4 aromatic carbocycles. The maximum atomic E-state index is 6.59. The number of alkyl halides is 6. The van der Waals surface area contributed by atoms with E-state index in [0.29, 0.717) is 92.7 Å². The summed E-state index contributed by atoms with van der Waals surface area (Å²) in [5.74, 6) is 8.58. The molecule has 0 N–H and O–H groups in total. The highest BCUT2D eigenvalue weighted by Gasteiger charge is 2.61. The smallest absolute Gasteiger partial charge is 0.241 e. The number of methoxy groups -OCH3 is 8. The summed E-state index contributed by atoms with van der Waals surface area (Å²) in [5.41, 5.74) is 3.93. The highest BCUT2D eigenvalue weighted by atomic mass is 35.6. The molecule has 16 nitrogen and oxygen atoms in total. The Morgan fingerprint density at radius 2 is 0.524 bits per heavy atom. The summed E-state index contributed by atoms with van der Waals surface area (Å²) in [6.45, 7) is 0. The lowest BCUT2D eigenvalue weighted by Crippen LogP contribution is -2.56. The van der Waals surface area contributed by atoms with Gasteiger partial charge in [-0.25, -0.2) is 0 Å². The van der Waals surface area contributed by atoms with Crippen LogP contribution >= 0.6 is 69.6 Å². The van der Waals surface area contributed by atoms with Crippen molar-refractivity contribution in [3.63, 3.8) is 0 Å². The molecule has 6 aromatic rings. The highest BCUT2D eigenvalue weighted by Crippen LogP contribution is 2.70. The van der Waals surface area contributed by atoms with Crippen LogP contribution in [0.1, 0.15) is 99.3 Å². The second-order valence-corrected chi connectivity index (χ2v) is 27.1. The number of benzene rings is 4. The molecule has 84 heavy (non-hydrogen) atoms. The summed E-state index contributed by atoms with van der Waals surface area (Å²) in [7, 11) is 13.2. The van der Waals surface area contributed by atoms with Crippen LogP contribution in [0, 0.1) is 23.7 Å². The van der Waals surface area contributed by atoms with Crippen LogP contribution in [0.5, 0.6) is 92.5 Å². The highest BCUT2D eigenvalue weighted by molar-refractivity contribution is 6.63. The molecule has 8 saturated carbocycles. The number of aromatic nitrogens is 4. The van der Waals surface area contributed by atoms with Crippen LogP contribution in [0.25, 0.3) is 0 Å². The van der Waals surface area contributed by atoms with Crippen LogP contribution in [-0.4, -0.2) is 85.4 Å². The molecule has 8 fully saturated rings.